The molecule has 0 saturated carbocycles. The van der Waals surface area contributed by atoms with Crippen LogP contribution in [0.1, 0.15) is 17.0 Å². The number of hydrogen-bond donors (Lipinski definition) is 2. The van der Waals surface area contributed by atoms with Crippen LogP contribution in [0.25, 0.3) is 5.57 Å². The lowest BCUT2D eigenvalue weighted by molar-refractivity contribution is -0.462. The van der Waals surface area contributed by atoms with Gasteiger partial charge >= 0.3 is 0 Å². The zero-order valence-electron chi connectivity index (χ0n) is 13.5. The molecule has 5 nitrogen and oxygen atoms in total. The van der Waals surface area contributed by atoms with Crippen LogP contribution in [0.5, 0.6) is 0 Å². The fourth-order valence-electron chi connectivity index (χ4n) is 2.86. The number of aryl methyl sites for hydroxylation is 2. The van der Waals surface area contributed by atoms with Crippen molar-refractivity contribution in [1.82, 2.24) is 4.98 Å². The summed E-state index contributed by atoms with van der Waals surface area (Å²) in [6, 6.07) is 1.89. The van der Waals surface area contributed by atoms with E-state index in [4.69, 9.17) is 0 Å². The van der Waals surface area contributed by atoms with Crippen LogP contribution in [-0.2, 0) is 4.79 Å². The van der Waals surface area contributed by atoms with E-state index >= 15 is 0 Å². The predicted molar refractivity (Wildman–Crippen MR) is 86.2 cm³/mol. The Labute approximate surface area is 134 Å². The Kier molecular flexibility index (Phi) is 3.36. The Morgan fingerprint density at radius 2 is 1.87 bits per heavy atom. The fourth-order valence-corrected chi connectivity index (χ4v) is 2.86. The van der Waals surface area contributed by atoms with E-state index in [0.29, 0.717) is 5.69 Å². The number of aromatic amines is 1. The SMILES string of the molecule is Cc1cc(C)c(C2=C([O-])/C(=C3/C=CC(=[N+](C)C)C=C3O)C2=O)[nH]1. The molecule has 118 valence electrons. The summed E-state index contributed by atoms with van der Waals surface area (Å²) < 4.78 is 1.83. The van der Waals surface area contributed by atoms with Gasteiger partial charge in [-0.25, -0.2) is 4.58 Å². The van der Waals surface area contributed by atoms with Crippen molar-refractivity contribution >= 4 is 17.1 Å². The van der Waals surface area contributed by atoms with Gasteiger partial charge in [0.15, 0.2) is 5.78 Å². The van der Waals surface area contributed by atoms with Crippen LogP contribution in [0.4, 0.5) is 0 Å². The molecule has 0 spiro atoms. The van der Waals surface area contributed by atoms with Crippen molar-refractivity contribution in [1.29, 1.82) is 0 Å². The van der Waals surface area contributed by atoms with Gasteiger partial charge in [-0.05, 0) is 31.6 Å². The van der Waals surface area contributed by atoms with Crippen LogP contribution in [0, 0.1) is 13.8 Å². The summed E-state index contributed by atoms with van der Waals surface area (Å²) >= 11 is 0. The maximum absolute atomic E-state index is 12.5. The number of carbonyl (C=O) groups is 1. The van der Waals surface area contributed by atoms with Crippen molar-refractivity contribution in [2.24, 2.45) is 0 Å². The molecule has 0 aromatic carbocycles. The Morgan fingerprint density at radius 1 is 1.17 bits per heavy atom. The van der Waals surface area contributed by atoms with Gasteiger partial charge < -0.3 is 15.2 Å². The van der Waals surface area contributed by atoms with E-state index in [-0.39, 0.29) is 34.0 Å². The molecule has 2 aliphatic rings. The second-order valence-electron chi connectivity index (χ2n) is 6.01. The van der Waals surface area contributed by atoms with Crippen LogP contribution >= 0.6 is 0 Å². The molecule has 0 bridgehead atoms. The minimum absolute atomic E-state index is 0.0504. The van der Waals surface area contributed by atoms with Gasteiger partial charge in [0, 0.05) is 28.5 Å². The summed E-state index contributed by atoms with van der Waals surface area (Å²) in [7, 11) is 3.70. The van der Waals surface area contributed by atoms with E-state index < -0.39 is 0 Å². The first-order valence-electron chi connectivity index (χ1n) is 7.32. The summed E-state index contributed by atoms with van der Waals surface area (Å²) in [5, 5.41) is 22.6. The molecule has 0 radical (unpaired) electrons. The van der Waals surface area contributed by atoms with Crippen LogP contribution in [0.3, 0.4) is 0 Å². The van der Waals surface area contributed by atoms with Crippen LogP contribution in [0.2, 0.25) is 0 Å². The number of rotatable bonds is 1. The number of carbonyl (C=O) groups excluding carboxylic acids is 1. The van der Waals surface area contributed by atoms with Crippen LogP contribution < -0.4 is 5.11 Å². The molecular formula is C18H18N2O3. The Morgan fingerprint density at radius 3 is 2.35 bits per heavy atom. The lowest BCUT2D eigenvalue weighted by Crippen LogP contribution is -2.31. The molecule has 2 aliphatic carbocycles. The molecule has 0 fully saturated rings. The summed E-state index contributed by atoms with van der Waals surface area (Å²) in [6.07, 6.45) is 4.93. The number of aliphatic hydroxyl groups is 1. The Balaban J connectivity index is 2.10. The van der Waals surface area contributed by atoms with Crippen molar-refractivity contribution in [3.63, 3.8) is 0 Å². The monoisotopic (exact) mass is 310 g/mol. The number of nitrogens with zero attached hydrogens (tertiary/aromatic N) is 1. The molecule has 2 N–H and O–H groups in total. The van der Waals surface area contributed by atoms with Crippen molar-refractivity contribution in [2.45, 2.75) is 13.8 Å². The minimum Gasteiger partial charge on any atom is -0.871 e. The van der Waals surface area contributed by atoms with Gasteiger partial charge in [0.1, 0.15) is 19.9 Å². The molecule has 23 heavy (non-hydrogen) atoms. The lowest BCUT2D eigenvalue weighted by atomic mass is 9.80. The van der Waals surface area contributed by atoms with Gasteiger partial charge in [-0.1, -0.05) is 5.76 Å². The maximum atomic E-state index is 12.5. The molecule has 1 aromatic heterocycles. The molecule has 0 atom stereocenters. The number of allylic oxidation sites excluding steroid dienone is 5. The first-order valence-corrected chi connectivity index (χ1v) is 7.32. The first kappa shape index (κ1) is 15.1. The molecule has 0 aliphatic heterocycles. The van der Waals surface area contributed by atoms with E-state index in [1.54, 1.807) is 18.2 Å². The minimum atomic E-state index is -0.326. The molecule has 0 amide bonds. The van der Waals surface area contributed by atoms with Crippen molar-refractivity contribution in [3.05, 3.63) is 63.9 Å². The van der Waals surface area contributed by atoms with Crippen LogP contribution in [-0.4, -0.2) is 40.3 Å². The molecule has 5 heteroatoms. The summed E-state index contributed by atoms with van der Waals surface area (Å²) in [4.78, 5) is 15.5. The van der Waals surface area contributed by atoms with E-state index in [0.717, 1.165) is 17.0 Å². The highest BCUT2D eigenvalue weighted by Gasteiger charge is 2.33. The third kappa shape index (κ3) is 2.25. The quantitative estimate of drug-likeness (QED) is 0.606. The molecular weight excluding hydrogens is 292 g/mol. The number of H-pyrrole nitrogens is 1. The average molecular weight is 310 g/mol. The topological polar surface area (TPSA) is 79.2 Å². The maximum Gasteiger partial charge on any atom is 0.203 e. The number of nitrogens with one attached hydrogen (secondary N) is 1. The van der Waals surface area contributed by atoms with Gasteiger partial charge in [0.2, 0.25) is 5.71 Å². The van der Waals surface area contributed by atoms with Gasteiger partial charge in [-0.15, -0.1) is 0 Å². The third-order valence-corrected chi connectivity index (χ3v) is 4.07. The predicted octanol–water partition coefficient (Wildman–Crippen LogP) is 1.31. The second kappa shape index (κ2) is 5.12. The largest absolute Gasteiger partial charge is 0.871 e. The van der Waals surface area contributed by atoms with Gasteiger partial charge in [0.25, 0.3) is 0 Å². The number of aliphatic hydroxyl groups excluding tert-OH is 1. The molecule has 1 aromatic rings. The zero-order chi connectivity index (χ0) is 16.9. The van der Waals surface area contributed by atoms with Crippen molar-refractivity contribution < 1.29 is 19.6 Å². The highest BCUT2D eigenvalue weighted by molar-refractivity contribution is 6.39. The molecule has 3 rings (SSSR count). The smallest absolute Gasteiger partial charge is 0.203 e. The Hall–Kier alpha value is -2.82. The lowest BCUT2D eigenvalue weighted by Gasteiger charge is -2.32. The van der Waals surface area contributed by atoms with Crippen molar-refractivity contribution in [2.75, 3.05) is 14.1 Å². The van der Waals surface area contributed by atoms with Gasteiger partial charge in [-0.3, -0.25) is 4.79 Å². The van der Waals surface area contributed by atoms with Crippen molar-refractivity contribution in [3.8, 4) is 0 Å². The van der Waals surface area contributed by atoms with Crippen LogP contribution in [0.15, 0.2) is 47.0 Å². The fraction of sp³-hybridized carbons (Fsp3) is 0.222. The Bertz CT molecular complexity index is 885. The second-order valence-corrected chi connectivity index (χ2v) is 6.01. The van der Waals surface area contributed by atoms with E-state index in [2.05, 4.69) is 4.98 Å². The highest BCUT2D eigenvalue weighted by atomic mass is 16.3. The molecule has 0 saturated heterocycles. The standard InChI is InChI=1S/C18H18N2O3/c1-9-7-10(2)19-16(9)15-17(22)14(18(15)23)12-6-5-11(20(3)4)8-13(12)21/h5-8H,1-4H3,(H2,19,21,22,23). The average Bonchev–Trinajstić information content (AvgIpc) is 2.79. The zero-order valence-corrected chi connectivity index (χ0v) is 13.5. The van der Waals surface area contributed by atoms with E-state index in [1.165, 1.54) is 0 Å². The first-order chi connectivity index (χ1) is 10.8. The number of hydrogen-bond acceptors (Lipinski definition) is 3. The van der Waals surface area contributed by atoms with Gasteiger partial charge in [0.05, 0.1) is 11.8 Å². The molecule has 1 heterocycles. The number of ketones is 1. The highest BCUT2D eigenvalue weighted by Crippen LogP contribution is 2.39. The normalized spacial score (nSPS) is 20.8. The third-order valence-electron chi connectivity index (χ3n) is 4.07. The van der Waals surface area contributed by atoms with E-state index in [9.17, 15) is 15.0 Å². The number of aromatic nitrogens is 1. The van der Waals surface area contributed by atoms with Gasteiger partial charge in [-0.2, -0.15) is 0 Å². The summed E-state index contributed by atoms with van der Waals surface area (Å²) in [5.74, 6) is -0.716. The summed E-state index contributed by atoms with van der Waals surface area (Å²) in [5.41, 5.74) is 3.64. The van der Waals surface area contributed by atoms with E-state index in [1.807, 2.05) is 38.6 Å². The summed E-state index contributed by atoms with van der Waals surface area (Å²) in [6.45, 7) is 3.73. The molecule has 0 unspecified atom stereocenters. The number of Topliss-reactive ketones (excluding diaryl/α,β-unsaturated/α-hetero) is 1.